The van der Waals surface area contributed by atoms with E-state index in [0.29, 0.717) is 27.9 Å². The van der Waals surface area contributed by atoms with E-state index in [4.69, 9.17) is 9.52 Å². The molecule has 2 N–H and O–H groups in total. The smallest absolute Gasteiger partial charge is 0.327 e. The highest BCUT2D eigenvalue weighted by Crippen LogP contribution is 2.23. The molecule has 6 nitrogen and oxygen atoms in total. The van der Waals surface area contributed by atoms with Gasteiger partial charge in [0.15, 0.2) is 5.43 Å². The number of amides is 1. The lowest BCUT2D eigenvalue weighted by Gasteiger charge is -2.12. The van der Waals surface area contributed by atoms with Crippen LogP contribution in [0.4, 0.5) is 0 Å². The second-order valence-electron chi connectivity index (χ2n) is 6.10. The third-order valence-electron chi connectivity index (χ3n) is 4.10. The lowest BCUT2D eigenvalue weighted by atomic mass is 10.1. The minimum absolute atomic E-state index is 0.0130. The SMILES string of the molecule is Cc1ccc2oc(-c3ccc(C(=O)NC(CS)C(=O)O)cc3)cc(=O)c2c1. The molecule has 0 saturated heterocycles. The molecular formula is C20H17NO5S. The van der Waals surface area contributed by atoms with Crippen LogP contribution in [0.25, 0.3) is 22.3 Å². The van der Waals surface area contributed by atoms with Crippen LogP contribution in [0.2, 0.25) is 0 Å². The van der Waals surface area contributed by atoms with E-state index >= 15 is 0 Å². The van der Waals surface area contributed by atoms with E-state index in [1.807, 2.05) is 13.0 Å². The van der Waals surface area contributed by atoms with E-state index in [1.165, 1.54) is 6.07 Å². The van der Waals surface area contributed by atoms with Gasteiger partial charge < -0.3 is 14.8 Å². The third kappa shape index (κ3) is 4.03. The van der Waals surface area contributed by atoms with Crippen molar-refractivity contribution >= 4 is 35.5 Å². The van der Waals surface area contributed by atoms with Gasteiger partial charge >= 0.3 is 5.97 Å². The highest BCUT2D eigenvalue weighted by Gasteiger charge is 2.19. The maximum absolute atomic E-state index is 12.3. The van der Waals surface area contributed by atoms with Gasteiger partial charge in [0, 0.05) is 22.9 Å². The largest absolute Gasteiger partial charge is 0.480 e. The second kappa shape index (κ2) is 7.67. The quantitative estimate of drug-likeness (QED) is 0.589. The van der Waals surface area contributed by atoms with E-state index in [1.54, 1.807) is 36.4 Å². The van der Waals surface area contributed by atoms with Gasteiger partial charge in [-0.15, -0.1) is 0 Å². The Bertz CT molecular complexity index is 1070. The first-order valence-corrected chi connectivity index (χ1v) is 8.82. The van der Waals surface area contributed by atoms with Crippen LogP contribution in [0, 0.1) is 6.92 Å². The number of carbonyl (C=O) groups excluding carboxylic acids is 1. The lowest BCUT2D eigenvalue weighted by molar-refractivity contribution is -0.138. The number of thiol groups is 1. The summed E-state index contributed by atoms with van der Waals surface area (Å²) in [5.74, 6) is -1.29. The zero-order valence-corrected chi connectivity index (χ0v) is 15.3. The van der Waals surface area contributed by atoms with Crippen molar-refractivity contribution in [2.45, 2.75) is 13.0 Å². The lowest BCUT2D eigenvalue weighted by Crippen LogP contribution is -2.42. The Morgan fingerprint density at radius 2 is 1.85 bits per heavy atom. The molecule has 1 unspecified atom stereocenters. The fourth-order valence-corrected chi connectivity index (χ4v) is 2.87. The molecule has 0 spiro atoms. The molecule has 3 aromatic rings. The first kappa shape index (κ1) is 18.7. The maximum atomic E-state index is 12.3. The highest BCUT2D eigenvalue weighted by atomic mass is 32.1. The molecule has 138 valence electrons. The van der Waals surface area contributed by atoms with E-state index in [0.717, 1.165) is 5.56 Å². The summed E-state index contributed by atoms with van der Waals surface area (Å²) in [6.45, 7) is 1.90. The van der Waals surface area contributed by atoms with Crippen LogP contribution >= 0.6 is 12.6 Å². The maximum Gasteiger partial charge on any atom is 0.327 e. The minimum Gasteiger partial charge on any atom is -0.480 e. The number of hydrogen-bond acceptors (Lipinski definition) is 5. The molecule has 1 atom stereocenters. The van der Waals surface area contributed by atoms with Crippen LogP contribution in [0.1, 0.15) is 15.9 Å². The monoisotopic (exact) mass is 383 g/mol. The fourth-order valence-electron chi connectivity index (χ4n) is 2.63. The second-order valence-corrected chi connectivity index (χ2v) is 6.46. The number of nitrogens with one attached hydrogen (secondary N) is 1. The van der Waals surface area contributed by atoms with Crippen molar-refractivity contribution in [1.82, 2.24) is 5.32 Å². The van der Waals surface area contributed by atoms with Gasteiger partial charge in [-0.2, -0.15) is 12.6 Å². The number of hydrogen-bond donors (Lipinski definition) is 3. The summed E-state index contributed by atoms with van der Waals surface area (Å²) < 4.78 is 5.81. The molecule has 0 aliphatic rings. The van der Waals surface area contributed by atoms with Crippen molar-refractivity contribution in [2.24, 2.45) is 0 Å². The number of carboxylic acid groups (broad SMARTS) is 1. The van der Waals surface area contributed by atoms with Crippen molar-refractivity contribution in [3.8, 4) is 11.3 Å². The van der Waals surface area contributed by atoms with Crippen molar-refractivity contribution in [1.29, 1.82) is 0 Å². The van der Waals surface area contributed by atoms with Gasteiger partial charge in [-0.3, -0.25) is 9.59 Å². The minimum atomic E-state index is -1.15. The average molecular weight is 383 g/mol. The Morgan fingerprint density at radius 3 is 2.48 bits per heavy atom. The number of benzene rings is 2. The molecule has 3 rings (SSSR count). The number of rotatable bonds is 5. The molecule has 0 radical (unpaired) electrons. The van der Waals surface area contributed by atoms with E-state index in [9.17, 15) is 14.4 Å². The van der Waals surface area contributed by atoms with Gasteiger partial charge in [0.1, 0.15) is 17.4 Å². The molecule has 0 aliphatic heterocycles. The molecule has 1 amide bonds. The summed E-state index contributed by atoms with van der Waals surface area (Å²) >= 11 is 3.91. The highest BCUT2D eigenvalue weighted by molar-refractivity contribution is 7.80. The fraction of sp³-hybridized carbons (Fsp3) is 0.150. The Hall–Kier alpha value is -3.06. The average Bonchev–Trinajstić information content (AvgIpc) is 2.66. The first-order valence-electron chi connectivity index (χ1n) is 8.18. The van der Waals surface area contributed by atoms with Gasteiger partial charge in [0.25, 0.3) is 5.91 Å². The zero-order valence-electron chi connectivity index (χ0n) is 14.4. The Labute approximate surface area is 160 Å². The van der Waals surface area contributed by atoms with E-state index in [2.05, 4.69) is 17.9 Å². The van der Waals surface area contributed by atoms with Crippen LogP contribution in [-0.2, 0) is 4.79 Å². The molecule has 1 aromatic heterocycles. The summed E-state index contributed by atoms with van der Waals surface area (Å²) in [5, 5.41) is 11.9. The summed E-state index contributed by atoms with van der Waals surface area (Å²) in [5.41, 5.74) is 2.25. The molecule has 0 fully saturated rings. The predicted octanol–water partition coefficient (Wildman–Crippen LogP) is 2.88. The van der Waals surface area contributed by atoms with Gasteiger partial charge in [-0.05, 0) is 31.2 Å². The molecule has 7 heteroatoms. The molecule has 1 heterocycles. The predicted molar refractivity (Wildman–Crippen MR) is 105 cm³/mol. The van der Waals surface area contributed by atoms with Crippen molar-refractivity contribution in [3.05, 3.63) is 69.9 Å². The van der Waals surface area contributed by atoms with Crippen molar-refractivity contribution in [3.63, 3.8) is 0 Å². The molecule has 0 saturated carbocycles. The summed E-state index contributed by atoms with van der Waals surface area (Å²) in [6.07, 6.45) is 0. The van der Waals surface area contributed by atoms with Gasteiger partial charge in [0.05, 0.1) is 5.39 Å². The van der Waals surface area contributed by atoms with Crippen molar-refractivity contribution < 1.29 is 19.1 Å². The number of aliphatic carboxylic acids is 1. The van der Waals surface area contributed by atoms with Crippen LogP contribution in [-0.4, -0.2) is 28.8 Å². The van der Waals surface area contributed by atoms with Crippen molar-refractivity contribution in [2.75, 3.05) is 5.75 Å². The number of fused-ring (bicyclic) bond motifs is 1. The molecule has 27 heavy (non-hydrogen) atoms. The van der Waals surface area contributed by atoms with Gasteiger partial charge in [-0.1, -0.05) is 23.8 Å². The standard InChI is InChI=1S/C20H17NO5S/c1-11-2-7-17-14(8-11)16(22)9-18(26-17)12-3-5-13(6-4-12)19(23)21-15(10-27)20(24)25/h2-9,15,27H,10H2,1H3,(H,21,23)(H,24,25). The van der Waals surface area contributed by atoms with Crippen LogP contribution < -0.4 is 10.7 Å². The Balaban J connectivity index is 1.88. The van der Waals surface area contributed by atoms with Gasteiger partial charge in [0.2, 0.25) is 0 Å². The van der Waals surface area contributed by atoms with Crippen LogP contribution in [0.5, 0.6) is 0 Å². The van der Waals surface area contributed by atoms with Crippen LogP contribution in [0.3, 0.4) is 0 Å². The van der Waals surface area contributed by atoms with E-state index in [-0.39, 0.29) is 11.2 Å². The molecule has 2 aromatic carbocycles. The molecule has 0 bridgehead atoms. The Morgan fingerprint density at radius 1 is 1.15 bits per heavy atom. The van der Waals surface area contributed by atoms with Gasteiger partial charge in [-0.25, -0.2) is 4.79 Å². The zero-order chi connectivity index (χ0) is 19.6. The number of carbonyl (C=O) groups is 2. The number of aryl methyl sites for hydroxylation is 1. The molecule has 0 aliphatic carbocycles. The Kier molecular flexibility index (Phi) is 5.32. The summed E-state index contributed by atoms with van der Waals surface area (Å²) in [4.78, 5) is 35.5. The van der Waals surface area contributed by atoms with Crippen LogP contribution in [0.15, 0.2) is 57.7 Å². The topological polar surface area (TPSA) is 96.6 Å². The first-order chi connectivity index (χ1) is 12.9. The third-order valence-corrected chi connectivity index (χ3v) is 4.47. The molecular weight excluding hydrogens is 366 g/mol. The normalized spacial score (nSPS) is 11.9. The summed E-state index contributed by atoms with van der Waals surface area (Å²) in [6, 6.07) is 12.1. The van der Waals surface area contributed by atoms with E-state index < -0.39 is 17.9 Å². The number of carboxylic acids is 1. The summed E-state index contributed by atoms with van der Waals surface area (Å²) in [7, 11) is 0.